The lowest BCUT2D eigenvalue weighted by Gasteiger charge is -2.26. The Balaban J connectivity index is 2.49. The summed E-state index contributed by atoms with van der Waals surface area (Å²) in [7, 11) is 1.56. The van der Waals surface area contributed by atoms with Crippen LogP contribution >= 0.6 is 11.6 Å². The van der Waals surface area contributed by atoms with Crippen LogP contribution in [0.5, 0.6) is 0 Å². The average molecular weight is 315 g/mol. The number of ether oxygens (including phenoxy) is 1. The molecule has 1 aromatic carbocycles. The molecule has 0 amide bonds. The van der Waals surface area contributed by atoms with Crippen molar-refractivity contribution in [2.45, 2.75) is 18.9 Å². The molecular formula is C13H15ClN2O5. The number of hydrogen-bond acceptors (Lipinski definition) is 5. The van der Waals surface area contributed by atoms with Crippen LogP contribution in [0.4, 0.5) is 11.4 Å². The summed E-state index contributed by atoms with van der Waals surface area (Å²) in [5.74, 6) is -1.24. The van der Waals surface area contributed by atoms with E-state index in [0.717, 1.165) is 18.9 Å². The Labute approximate surface area is 126 Å². The molecule has 0 aliphatic heterocycles. The van der Waals surface area contributed by atoms with Crippen molar-refractivity contribution >= 4 is 28.9 Å². The third-order valence-corrected chi connectivity index (χ3v) is 3.59. The topological polar surface area (TPSA) is 92.9 Å². The van der Waals surface area contributed by atoms with Crippen LogP contribution < -0.4 is 4.90 Å². The number of aromatic carboxylic acids is 1. The molecular weight excluding hydrogens is 300 g/mol. The highest BCUT2D eigenvalue weighted by Crippen LogP contribution is 2.40. The molecule has 114 valence electrons. The Morgan fingerprint density at radius 3 is 2.71 bits per heavy atom. The first-order valence-corrected chi connectivity index (χ1v) is 6.80. The second kappa shape index (κ2) is 6.28. The van der Waals surface area contributed by atoms with Gasteiger partial charge in [-0.3, -0.25) is 10.1 Å². The van der Waals surface area contributed by atoms with Gasteiger partial charge in [-0.05, 0) is 12.8 Å². The zero-order valence-corrected chi connectivity index (χ0v) is 12.2. The van der Waals surface area contributed by atoms with Crippen LogP contribution in [0.15, 0.2) is 12.1 Å². The van der Waals surface area contributed by atoms with Crippen LogP contribution in [0.3, 0.4) is 0 Å². The van der Waals surface area contributed by atoms with Gasteiger partial charge in [-0.15, -0.1) is 0 Å². The number of hydrogen-bond donors (Lipinski definition) is 1. The first-order chi connectivity index (χ1) is 9.95. The van der Waals surface area contributed by atoms with Gasteiger partial charge < -0.3 is 14.7 Å². The van der Waals surface area contributed by atoms with E-state index in [-0.39, 0.29) is 22.3 Å². The van der Waals surface area contributed by atoms with E-state index in [9.17, 15) is 20.0 Å². The van der Waals surface area contributed by atoms with Crippen LogP contribution in [0.2, 0.25) is 5.02 Å². The minimum Gasteiger partial charge on any atom is -0.478 e. The van der Waals surface area contributed by atoms with Gasteiger partial charge in [-0.1, -0.05) is 11.6 Å². The SMILES string of the molecule is COCCN(c1c(Cl)cc([N+](=O)[O-])cc1C(=O)O)C1CC1. The molecule has 1 aliphatic rings. The standard InChI is InChI=1S/C13H15ClN2O5/c1-21-5-4-15(8-2-3-8)12-10(13(17)18)6-9(16(19)20)7-11(12)14/h6-8H,2-5H2,1H3,(H,17,18). The van der Waals surface area contributed by atoms with Crippen LogP contribution in [0, 0.1) is 10.1 Å². The van der Waals surface area contributed by atoms with Crippen LogP contribution in [0.1, 0.15) is 23.2 Å². The van der Waals surface area contributed by atoms with Gasteiger partial charge in [0.05, 0.1) is 27.8 Å². The Bertz CT molecular complexity index is 574. The second-order valence-electron chi connectivity index (χ2n) is 4.80. The second-order valence-corrected chi connectivity index (χ2v) is 5.21. The summed E-state index contributed by atoms with van der Waals surface area (Å²) in [4.78, 5) is 23.5. The number of carboxylic acid groups (broad SMARTS) is 1. The number of carbonyl (C=O) groups is 1. The highest BCUT2D eigenvalue weighted by molar-refractivity contribution is 6.34. The highest BCUT2D eigenvalue weighted by Gasteiger charge is 2.33. The van der Waals surface area contributed by atoms with Gasteiger partial charge in [0.2, 0.25) is 0 Å². The lowest BCUT2D eigenvalue weighted by Crippen LogP contribution is -2.31. The summed E-state index contributed by atoms with van der Waals surface area (Å²) >= 11 is 6.12. The Hall–Kier alpha value is -1.86. The van der Waals surface area contributed by atoms with Crippen LogP contribution in [-0.4, -0.2) is 42.3 Å². The maximum Gasteiger partial charge on any atom is 0.338 e. The molecule has 1 saturated carbocycles. The van der Waals surface area contributed by atoms with E-state index in [2.05, 4.69) is 0 Å². The van der Waals surface area contributed by atoms with E-state index < -0.39 is 10.9 Å². The fraction of sp³-hybridized carbons (Fsp3) is 0.462. The van der Waals surface area contributed by atoms with E-state index >= 15 is 0 Å². The summed E-state index contributed by atoms with van der Waals surface area (Å²) in [6.07, 6.45) is 1.88. The number of carboxylic acids is 1. The Morgan fingerprint density at radius 1 is 1.57 bits per heavy atom. The first-order valence-electron chi connectivity index (χ1n) is 6.42. The van der Waals surface area contributed by atoms with E-state index in [1.54, 1.807) is 7.11 Å². The molecule has 0 spiro atoms. The van der Waals surface area contributed by atoms with Crippen molar-refractivity contribution in [3.05, 3.63) is 32.8 Å². The molecule has 21 heavy (non-hydrogen) atoms. The maximum absolute atomic E-state index is 11.4. The van der Waals surface area contributed by atoms with Gasteiger partial charge in [0.25, 0.3) is 5.69 Å². The van der Waals surface area contributed by atoms with E-state index in [0.29, 0.717) is 18.8 Å². The molecule has 0 heterocycles. The molecule has 8 heteroatoms. The minimum atomic E-state index is -1.24. The molecule has 1 N–H and O–H groups in total. The van der Waals surface area contributed by atoms with E-state index in [1.165, 1.54) is 6.07 Å². The molecule has 1 fully saturated rings. The van der Waals surface area contributed by atoms with Gasteiger partial charge in [0, 0.05) is 31.8 Å². The van der Waals surface area contributed by atoms with Gasteiger partial charge in [0.1, 0.15) is 0 Å². The molecule has 0 unspecified atom stereocenters. The van der Waals surface area contributed by atoms with Gasteiger partial charge in [-0.25, -0.2) is 4.79 Å². The first kappa shape index (κ1) is 15.5. The number of nitro groups is 1. The fourth-order valence-electron chi connectivity index (χ4n) is 2.20. The van der Waals surface area contributed by atoms with Crippen molar-refractivity contribution in [3.63, 3.8) is 0 Å². The van der Waals surface area contributed by atoms with Crippen molar-refractivity contribution in [3.8, 4) is 0 Å². The number of benzene rings is 1. The molecule has 0 aromatic heterocycles. The normalized spacial score (nSPS) is 14.0. The number of nitrogens with zero attached hydrogens (tertiary/aromatic N) is 2. The number of anilines is 1. The summed E-state index contributed by atoms with van der Waals surface area (Å²) in [5.41, 5.74) is -0.157. The number of methoxy groups -OCH3 is 1. The molecule has 0 atom stereocenters. The van der Waals surface area contributed by atoms with Crippen molar-refractivity contribution in [1.82, 2.24) is 0 Å². The lowest BCUT2D eigenvalue weighted by atomic mass is 10.1. The fourth-order valence-corrected chi connectivity index (χ4v) is 2.52. The quantitative estimate of drug-likeness (QED) is 0.614. The van der Waals surface area contributed by atoms with Crippen molar-refractivity contribution in [1.29, 1.82) is 0 Å². The smallest absolute Gasteiger partial charge is 0.338 e. The zero-order valence-electron chi connectivity index (χ0n) is 11.4. The van der Waals surface area contributed by atoms with Crippen LogP contribution in [-0.2, 0) is 4.74 Å². The summed E-state index contributed by atoms with van der Waals surface area (Å²) < 4.78 is 5.03. The van der Waals surface area contributed by atoms with E-state index in [4.69, 9.17) is 16.3 Å². The third kappa shape index (κ3) is 3.43. The predicted molar refractivity (Wildman–Crippen MR) is 77.3 cm³/mol. The maximum atomic E-state index is 11.4. The number of nitro benzene ring substituents is 1. The zero-order chi connectivity index (χ0) is 15.6. The Morgan fingerprint density at radius 2 is 2.24 bits per heavy atom. The number of halogens is 1. The predicted octanol–water partition coefficient (Wildman–Crippen LogP) is 2.56. The average Bonchev–Trinajstić information content (AvgIpc) is 3.24. The number of non-ortho nitro benzene ring substituents is 1. The van der Waals surface area contributed by atoms with Gasteiger partial charge >= 0.3 is 5.97 Å². The highest BCUT2D eigenvalue weighted by atomic mass is 35.5. The lowest BCUT2D eigenvalue weighted by molar-refractivity contribution is -0.384. The van der Waals surface area contributed by atoms with Crippen LogP contribution in [0.25, 0.3) is 0 Å². The Kier molecular flexibility index (Phi) is 4.64. The summed E-state index contributed by atoms with van der Waals surface area (Å²) in [6, 6.07) is 2.44. The molecule has 0 bridgehead atoms. The largest absolute Gasteiger partial charge is 0.478 e. The van der Waals surface area contributed by atoms with Crippen molar-refractivity contribution in [2.75, 3.05) is 25.2 Å². The van der Waals surface area contributed by atoms with Gasteiger partial charge in [-0.2, -0.15) is 0 Å². The van der Waals surface area contributed by atoms with Crippen molar-refractivity contribution in [2.24, 2.45) is 0 Å². The molecule has 7 nitrogen and oxygen atoms in total. The van der Waals surface area contributed by atoms with E-state index in [1.807, 2.05) is 4.90 Å². The molecule has 1 aromatic rings. The van der Waals surface area contributed by atoms with Crippen molar-refractivity contribution < 1.29 is 19.6 Å². The molecule has 2 rings (SSSR count). The number of rotatable bonds is 7. The minimum absolute atomic E-state index is 0.0737. The van der Waals surface area contributed by atoms with Gasteiger partial charge in [0.15, 0.2) is 0 Å². The molecule has 0 saturated heterocycles. The molecule has 1 aliphatic carbocycles. The summed E-state index contributed by atoms with van der Waals surface area (Å²) in [6.45, 7) is 0.905. The summed E-state index contributed by atoms with van der Waals surface area (Å²) in [5, 5.41) is 20.3. The molecule has 0 radical (unpaired) electrons. The monoisotopic (exact) mass is 314 g/mol. The third-order valence-electron chi connectivity index (χ3n) is 3.30.